The number of allylic oxidation sites excluding steroid dienone is 21. The zero-order valence-electron chi connectivity index (χ0n) is 53.4. The monoisotopic (exact) mass is 1160 g/mol. The van der Waals surface area contributed by atoms with Gasteiger partial charge in [0, 0.05) is 12.8 Å². The molecule has 0 aliphatic rings. The number of nitrogens with one attached hydrogen (secondary N) is 1. The Kier molecular flexibility index (Phi) is 57.4. The topological polar surface area (TPSA) is 111 Å². The van der Waals surface area contributed by atoms with Crippen molar-refractivity contribution in [2.75, 3.05) is 40.9 Å². The van der Waals surface area contributed by atoms with Gasteiger partial charge in [-0.15, -0.1) is 0 Å². The van der Waals surface area contributed by atoms with Gasteiger partial charge in [-0.1, -0.05) is 283 Å². The van der Waals surface area contributed by atoms with Crippen LogP contribution in [0.3, 0.4) is 0 Å². The Bertz CT molecular complexity index is 1860. The van der Waals surface area contributed by atoms with Gasteiger partial charge >= 0.3 is 13.8 Å². The highest BCUT2D eigenvalue weighted by Crippen LogP contribution is 2.43. The molecule has 9 nitrogen and oxygen atoms in total. The number of hydrogen-bond donors (Lipinski definition) is 2. The van der Waals surface area contributed by atoms with Gasteiger partial charge in [0.05, 0.1) is 33.8 Å². The number of likely N-dealkylation sites (N-methyl/N-ethyl adjacent to an activating group) is 1. The number of ether oxygens (including phenoxy) is 1. The van der Waals surface area contributed by atoms with Crippen molar-refractivity contribution in [1.29, 1.82) is 0 Å². The molecule has 0 saturated heterocycles. The Hall–Kier alpha value is -3.85. The molecule has 0 heterocycles. The first-order chi connectivity index (χ1) is 39.9. The predicted octanol–water partition coefficient (Wildman–Crippen LogP) is 20.8. The van der Waals surface area contributed by atoms with Crippen LogP contribution in [0.1, 0.15) is 258 Å². The minimum absolute atomic E-state index is 0.0247. The second-order valence-corrected chi connectivity index (χ2v) is 24.5. The first kappa shape index (κ1) is 78.1. The van der Waals surface area contributed by atoms with E-state index in [1.54, 1.807) is 0 Å². The molecular weight excluding hydrogens is 1040 g/mol. The highest BCUT2D eigenvalue weighted by atomic mass is 31.2. The number of quaternary nitrogens is 1. The second-order valence-electron chi connectivity index (χ2n) is 23.1. The maximum Gasteiger partial charge on any atom is 0.472 e. The van der Waals surface area contributed by atoms with E-state index in [1.165, 1.54) is 128 Å². The Labute approximate surface area is 505 Å². The summed E-state index contributed by atoms with van der Waals surface area (Å²) in [4.78, 5) is 37.8. The molecule has 10 heteroatoms. The van der Waals surface area contributed by atoms with E-state index in [0.717, 1.165) is 89.9 Å². The lowest BCUT2D eigenvalue weighted by atomic mass is 10.0. The lowest BCUT2D eigenvalue weighted by Crippen LogP contribution is -2.47. The van der Waals surface area contributed by atoms with Crippen LogP contribution in [0.2, 0.25) is 0 Å². The third kappa shape index (κ3) is 60.7. The first-order valence-corrected chi connectivity index (χ1v) is 34.6. The quantitative estimate of drug-likeness (QED) is 0.0156. The fourth-order valence-electron chi connectivity index (χ4n) is 8.90. The van der Waals surface area contributed by atoms with Gasteiger partial charge in [-0.05, 0) is 96.0 Å². The molecule has 0 spiro atoms. The third-order valence-corrected chi connectivity index (χ3v) is 15.0. The normalized spacial score (nSPS) is 14.5. The van der Waals surface area contributed by atoms with Crippen LogP contribution in [0.25, 0.3) is 0 Å². The molecule has 3 unspecified atom stereocenters. The maximum absolute atomic E-state index is 13.6. The van der Waals surface area contributed by atoms with Crippen LogP contribution < -0.4 is 5.32 Å². The number of esters is 1. The largest absolute Gasteiger partial charge is 0.472 e. The summed E-state index contributed by atoms with van der Waals surface area (Å²) in [6.45, 7) is 6.79. The van der Waals surface area contributed by atoms with Crippen molar-refractivity contribution in [2.24, 2.45) is 0 Å². The van der Waals surface area contributed by atoms with E-state index in [4.69, 9.17) is 13.8 Å². The highest BCUT2D eigenvalue weighted by molar-refractivity contribution is 7.47. The van der Waals surface area contributed by atoms with Crippen molar-refractivity contribution in [1.82, 2.24) is 5.32 Å². The van der Waals surface area contributed by atoms with Crippen molar-refractivity contribution in [2.45, 2.75) is 270 Å². The van der Waals surface area contributed by atoms with Crippen molar-refractivity contribution in [3.63, 3.8) is 0 Å². The zero-order valence-corrected chi connectivity index (χ0v) is 54.3. The number of unbranched alkanes of at least 4 members (excludes halogenated alkanes) is 27. The summed E-state index contributed by atoms with van der Waals surface area (Å²) in [7, 11) is 1.45. The molecule has 0 bridgehead atoms. The highest BCUT2D eigenvalue weighted by Gasteiger charge is 2.30. The third-order valence-electron chi connectivity index (χ3n) is 14.0. The number of carbonyl (C=O) groups excluding carboxylic acids is 2. The van der Waals surface area contributed by atoms with Crippen LogP contribution in [0.15, 0.2) is 134 Å². The molecule has 0 aromatic rings. The molecule has 0 aliphatic carbocycles. The van der Waals surface area contributed by atoms with Crippen LogP contribution in [-0.2, 0) is 27.9 Å². The average molecular weight is 1160 g/mol. The van der Waals surface area contributed by atoms with Crippen LogP contribution >= 0.6 is 7.82 Å². The summed E-state index contributed by atoms with van der Waals surface area (Å²) in [6, 6.07) is -0.879. The van der Waals surface area contributed by atoms with Gasteiger partial charge in [0.25, 0.3) is 0 Å². The lowest BCUT2D eigenvalue weighted by Gasteiger charge is -2.27. The molecule has 82 heavy (non-hydrogen) atoms. The Morgan fingerprint density at radius 1 is 0.451 bits per heavy atom. The molecular formula is C72H124N2O7P+. The first-order valence-electron chi connectivity index (χ1n) is 33.1. The molecule has 0 aromatic heterocycles. The van der Waals surface area contributed by atoms with Crippen LogP contribution in [0, 0.1) is 0 Å². The van der Waals surface area contributed by atoms with Crippen LogP contribution in [0.5, 0.6) is 0 Å². The smallest absolute Gasteiger partial charge is 0.456 e. The Morgan fingerprint density at radius 3 is 1.32 bits per heavy atom. The van der Waals surface area contributed by atoms with Gasteiger partial charge in [-0.2, -0.15) is 0 Å². The van der Waals surface area contributed by atoms with Gasteiger partial charge in [-0.3, -0.25) is 18.6 Å². The molecule has 0 rings (SSSR count). The van der Waals surface area contributed by atoms with E-state index in [0.29, 0.717) is 23.9 Å². The molecule has 0 fully saturated rings. The van der Waals surface area contributed by atoms with Gasteiger partial charge < -0.3 is 19.4 Å². The molecule has 3 atom stereocenters. The van der Waals surface area contributed by atoms with Gasteiger partial charge in [0.1, 0.15) is 19.3 Å². The van der Waals surface area contributed by atoms with E-state index < -0.39 is 20.0 Å². The number of amides is 1. The van der Waals surface area contributed by atoms with Crippen LogP contribution in [0.4, 0.5) is 0 Å². The Morgan fingerprint density at radius 2 is 0.829 bits per heavy atom. The summed E-state index contributed by atoms with van der Waals surface area (Å²) >= 11 is 0. The van der Waals surface area contributed by atoms with Gasteiger partial charge in [0.15, 0.2) is 0 Å². The number of nitrogens with zero attached hydrogens (tertiary/aromatic N) is 1. The lowest BCUT2D eigenvalue weighted by molar-refractivity contribution is -0.870. The van der Waals surface area contributed by atoms with E-state index in [2.05, 4.69) is 86.8 Å². The molecule has 1 amide bonds. The summed E-state index contributed by atoms with van der Waals surface area (Å²) < 4.78 is 30.7. The molecule has 0 radical (unpaired) electrons. The molecule has 0 aliphatic heterocycles. The van der Waals surface area contributed by atoms with Crippen LogP contribution in [-0.4, -0.2) is 74.3 Å². The van der Waals surface area contributed by atoms with Crippen molar-refractivity contribution in [3.05, 3.63) is 134 Å². The second kappa shape index (κ2) is 60.3. The Balaban J connectivity index is 5.18. The minimum Gasteiger partial charge on any atom is -0.456 e. The summed E-state index contributed by atoms with van der Waals surface area (Å²) in [6.07, 6.45) is 86.0. The summed E-state index contributed by atoms with van der Waals surface area (Å²) in [5.41, 5.74) is 0. The molecule has 0 aromatic carbocycles. The number of hydrogen-bond acceptors (Lipinski definition) is 6. The number of carbonyl (C=O) groups is 2. The summed E-state index contributed by atoms with van der Waals surface area (Å²) in [5.74, 6) is -0.567. The maximum atomic E-state index is 13.6. The van der Waals surface area contributed by atoms with E-state index in [1.807, 2.05) is 94.1 Å². The SMILES string of the molecule is CC\C=C/C=C/C=C/C=C\C=C\C=C\CCCCCC(=O)OC(/C=C\CCCCCCCCCCCC)C(COP(=O)(O)OCC[N+](C)(C)C)NC(=O)CCCCCCCCCCCCC/C=C\C/C=C\C/C=C\C/C=C\CCCCC. The molecule has 0 saturated carbocycles. The predicted molar refractivity (Wildman–Crippen MR) is 355 cm³/mol. The molecule has 468 valence electrons. The minimum atomic E-state index is -4.47. The van der Waals surface area contributed by atoms with Crippen molar-refractivity contribution >= 4 is 19.7 Å². The van der Waals surface area contributed by atoms with Gasteiger partial charge in [-0.25, -0.2) is 4.57 Å². The standard InChI is InChI=1S/C72H123N2O7P/c1-7-10-13-16-19-22-25-28-30-32-33-34-35-36-37-38-39-40-41-43-44-46-49-52-55-58-61-64-71(75)73-69(68-80-82(77,78)79-67-66-74(4,5)6)70(63-60-57-54-51-48-27-24-21-18-15-12-9-3)81-72(76)65-62-59-56-53-50-47-45-42-31-29-26-23-20-17-14-11-8-2/h11,14,17,19-20,22-23,26,28-31,33-34,36-37,42,45,47,50,60,63,69-70H,7-10,12-13,15-16,18,21,24-25,27,32,35,38-41,43-44,46,48-49,51-59,61-62,64-68H2,1-6H3,(H-,73,75,77,78)/p+1/b14-11-,20-17+,22-19-,26-23+,30-28-,31-29-,34-33-,37-36-,45-42+,50-47+,63-60-. The van der Waals surface area contributed by atoms with E-state index in [-0.39, 0.29) is 31.5 Å². The fraction of sp³-hybridized carbons (Fsp3) is 0.667. The average Bonchev–Trinajstić information content (AvgIpc) is 3.44. The van der Waals surface area contributed by atoms with Crippen molar-refractivity contribution < 1.29 is 37.3 Å². The van der Waals surface area contributed by atoms with Crippen molar-refractivity contribution in [3.8, 4) is 0 Å². The number of rotatable bonds is 58. The zero-order chi connectivity index (χ0) is 60.0. The number of phosphoric acid groups is 1. The summed E-state index contributed by atoms with van der Waals surface area (Å²) in [5, 5.41) is 3.05. The fourth-order valence-corrected chi connectivity index (χ4v) is 9.63. The van der Waals surface area contributed by atoms with Gasteiger partial charge in [0.2, 0.25) is 5.91 Å². The van der Waals surface area contributed by atoms with E-state index in [9.17, 15) is 19.0 Å². The van der Waals surface area contributed by atoms with E-state index >= 15 is 0 Å². The molecule has 2 N–H and O–H groups in total. The number of phosphoric ester groups is 1.